The lowest BCUT2D eigenvalue weighted by atomic mass is 10.2. The van der Waals surface area contributed by atoms with Gasteiger partial charge in [-0.3, -0.25) is 9.59 Å². The van der Waals surface area contributed by atoms with Crippen LogP contribution in [0.15, 0.2) is 23.5 Å². The summed E-state index contributed by atoms with van der Waals surface area (Å²) in [7, 11) is 1.97. The number of imidazole rings is 1. The third-order valence-corrected chi connectivity index (χ3v) is 7.06. The van der Waals surface area contributed by atoms with Gasteiger partial charge in [0.25, 0.3) is 0 Å². The van der Waals surface area contributed by atoms with E-state index in [0.29, 0.717) is 30.9 Å². The summed E-state index contributed by atoms with van der Waals surface area (Å²) in [4.78, 5) is 36.6. The zero-order chi connectivity index (χ0) is 23.3. The first-order valence-electron chi connectivity index (χ1n) is 11.6. The maximum atomic E-state index is 13.3. The Morgan fingerprint density at radius 1 is 1.27 bits per heavy atom. The van der Waals surface area contributed by atoms with Crippen molar-refractivity contribution in [3.05, 3.63) is 29.2 Å². The average molecular weight is 467 g/mol. The molecular formula is C24H30N6O2S. The Kier molecular flexibility index (Phi) is 5.68. The van der Waals surface area contributed by atoms with Crippen molar-refractivity contribution in [2.24, 2.45) is 7.05 Å². The van der Waals surface area contributed by atoms with Gasteiger partial charge in [0.1, 0.15) is 11.2 Å². The molecule has 2 saturated carbocycles. The van der Waals surface area contributed by atoms with Crippen LogP contribution in [0.2, 0.25) is 0 Å². The number of aryl methyl sites for hydroxylation is 2. The molecule has 3 aromatic heterocycles. The number of rotatable bonds is 9. The van der Waals surface area contributed by atoms with E-state index in [4.69, 9.17) is 4.98 Å². The highest BCUT2D eigenvalue weighted by Gasteiger charge is 2.42. The first kappa shape index (κ1) is 22.0. The van der Waals surface area contributed by atoms with Gasteiger partial charge < -0.3 is 19.4 Å². The molecule has 0 atom stereocenters. The molecule has 174 valence electrons. The van der Waals surface area contributed by atoms with Crippen LogP contribution < -0.4 is 5.32 Å². The van der Waals surface area contributed by atoms with Gasteiger partial charge in [0.2, 0.25) is 5.91 Å². The van der Waals surface area contributed by atoms with Crippen LogP contribution in [0.3, 0.4) is 0 Å². The molecule has 0 aromatic carbocycles. The minimum Gasteiger partial charge on any atom is -0.336 e. The van der Waals surface area contributed by atoms with Gasteiger partial charge in [-0.25, -0.2) is 9.97 Å². The molecule has 2 fully saturated rings. The number of allylic oxidation sites excluding steroid dienone is 1. The fourth-order valence-corrected chi connectivity index (χ4v) is 5.14. The molecule has 2 aliphatic rings. The van der Waals surface area contributed by atoms with E-state index in [1.807, 2.05) is 17.9 Å². The maximum absolute atomic E-state index is 13.3. The fraction of sp³-hybridized carbons (Fsp3) is 0.500. The molecular weight excluding hydrogens is 436 g/mol. The normalized spacial score (nSPS) is 16.5. The van der Waals surface area contributed by atoms with Crippen molar-refractivity contribution in [2.45, 2.75) is 64.6 Å². The SMILES string of the molecule is CCn1c(CC(=O)N(C2CC2)C2CC2)cc2c3c(ncn3C)c(N/C(=C/C(C)=O)SC)nc21. The number of nitrogens with one attached hydrogen (secondary N) is 1. The molecule has 0 spiro atoms. The second-order valence-electron chi connectivity index (χ2n) is 9.02. The van der Waals surface area contributed by atoms with E-state index in [-0.39, 0.29) is 11.7 Å². The Labute approximate surface area is 197 Å². The number of pyridine rings is 1. The number of hydrogen-bond donors (Lipinski definition) is 1. The summed E-state index contributed by atoms with van der Waals surface area (Å²) in [6, 6.07) is 3.00. The Morgan fingerprint density at radius 3 is 2.55 bits per heavy atom. The van der Waals surface area contributed by atoms with Gasteiger partial charge in [0, 0.05) is 42.8 Å². The van der Waals surface area contributed by atoms with Crippen LogP contribution in [-0.4, -0.2) is 54.0 Å². The molecule has 0 bridgehead atoms. The number of fused-ring (bicyclic) bond motifs is 3. The van der Waals surface area contributed by atoms with Crippen LogP contribution in [0, 0.1) is 0 Å². The molecule has 5 rings (SSSR count). The molecule has 0 radical (unpaired) electrons. The summed E-state index contributed by atoms with van der Waals surface area (Å²) < 4.78 is 4.13. The Balaban J connectivity index is 1.58. The monoisotopic (exact) mass is 466 g/mol. The Hall–Kier alpha value is -2.81. The van der Waals surface area contributed by atoms with E-state index in [0.717, 1.165) is 58.5 Å². The van der Waals surface area contributed by atoms with Crippen molar-refractivity contribution < 1.29 is 9.59 Å². The zero-order valence-electron chi connectivity index (χ0n) is 19.6. The van der Waals surface area contributed by atoms with Crippen molar-refractivity contribution in [1.82, 2.24) is 24.0 Å². The van der Waals surface area contributed by atoms with Crippen LogP contribution in [0.1, 0.15) is 45.2 Å². The number of carbonyl (C=O) groups excluding carboxylic acids is 2. The number of thioether (sulfide) groups is 1. The molecule has 3 aromatic rings. The molecule has 0 aliphatic heterocycles. The predicted molar refractivity (Wildman–Crippen MR) is 132 cm³/mol. The van der Waals surface area contributed by atoms with Gasteiger partial charge in [0.15, 0.2) is 11.6 Å². The molecule has 9 heteroatoms. The number of anilines is 1. The maximum Gasteiger partial charge on any atom is 0.229 e. The lowest BCUT2D eigenvalue weighted by Crippen LogP contribution is -2.36. The van der Waals surface area contributed by atoms with Crippen LogP contribution in [0.5, 0.6) is 0 Å². The second kappa shape index (κ2) is 8.52. The summed E-state index contributed by atoms with van der Waals surface area (Å²) in [5, 5.41) is 5.01. The summed E-state index contributed by atoms with van der Waals surface area (Å²) in [5.74, 6) is 0.813. The summed E-state index contributed by atoms with van der Waals surface area (Å²) in [6.45, 7) is 4.33. The highest BCUT2D eigenvalue weighted by molar-refractivity contribution is 8.02. The van der Waals surface area contributed by atoms with Gasteiger partial charge in [0.05, 0.1) is 23.3 Å². The predicted octanol–water partition coefficient (Wildman–Crippen LogP) is 3.84. The highest BCUT2D eigenvalue weighted by atomic mass is 32.2. The van der Waals surface area contributed by atoms with Gasteiger partial charge in [-0.1, -0.05) is 0 Å². The number of nitrogens with zero attached hydrogens (tertiary/aromatic N) is 5. The molecule has 8 nitrogen and oxygen atoms in total. The first-order chi connectivity index (χ1) is 15.9. The molecule has 1 N–H and O–H groups in total. The number of hydrogen-bond acceptors (Lipinski definition) is 6. The summed E-state index contributed by atoms with van der Waals surface area (Å²) in [6.07, 6.45) is 10.2. The molecule has 1 amide bonds. The van der Waals surface area contributed by atoms with Crippen molar-refractivity contribution in [1.29, 1.82) is 0 Å². The van der Waals surface area contributed by atoms with Crippen molar-refractivity contribution in [2.75, 3.05) is 11.6 Å². The quantitative estimate of drug-likeness (QED) is 0.482. The lowest BCUT2D eigenvalue weighted by Gasteiger charge is -2.22. The van der Waals surface area contributed by atoms with E-state index >= 15 is 0 Å². The van der Waals surface area contributed by atoms with E-state index in [9.17, 15) is 9.59 Å². The summed E-state index contributed by atoms with van der Waals surface area (Å²) in [5.41, 5.74) is 3.53. The standard InChI is InChI=1S/C24H30N6O2S/c1-5-29-17(12-20(32)30(15-6-7-15)16-8-9-16)11-18-22-21(25-13-28(22)3)23(27-24(18)29)26-19(33-4)10-14(2)31/h10-11,13,15-16H,5-9,12H2,1-4H3,(H,26,27)/b19-10-. The van der Waals surface area contributed by atoms with E-state index in [1.165, 1.54) is 18.7 Å². The van der Waals surface area contributed by atoms with Crippen molar-refractivity contribution >= 4 is 51.3 Å². The van der Waals surface area contributed by atoms with Crippen LogP contribution in [0.25, 0.3) is 22.1 Å². The largest absolute Gasteiger partial charge is 0.336 e. The minimum atomic E-state index is -0.0289. The fourth-order valence-electron chi connectivity index (χ4n) is 4.66. The first-order valence-corrected chi connectivity index (χ1v) is 12.8. The lowest BCUT2D eigenvalue weighted by molar-refractivity contribution is -0.131. The third-order valence-electron chi connectivity index (χ3n) is 6.40. The van der Waals surface area contributed by atoms with E-state index in [2.05, 4.69) is 32.8 Å². The minimum absolute atomic E-state index is 0.0289. The van der Waals surface area contributed by atoms with Gasteiger partial charge in [-0.2, -0.15) is 0 Å². The smallest absolute Gasteiger partial charge is 0.229 e. The third kappa shape index (κ3) is 4.14. The van der Waals surface area contributed by atoms with Gasteiger partial charge in [-0.15, -0.1) is 11.8 Å². The molecule has 2 aliphatic carbocycles. The Bertz CT molecular complexity index is 1270. The van der Waals surface area contributed by atoms with Gasteiger partial charge >= 0.3 is 0 Å². The van der Waals surface area contributed by atoms with Crippen molar-refractivity contribution in [3.8, 4) is 0 Å². The summed E-state index contributed by atoms with van der Waals surface area (Å²) >= 11 is 1.46. The highest BCUT2D eigenvalue weighted by Crippen LogP contribution is 2.38. The van der Waals surface area contributed by atoms with Crippen molar-refractivity contribution in [3.63, 3.8) is 0 Å². The number of amides is 1. The average Bonchev–Trinajstić information content (AvgIpc) is 3.70. The number of ketones is 1. The van der Waals surface area contributed by atoms with Crippen LogP contribution in [-0.2, 0) is 29.6 Å². The number of aromatic nitrogens is 4. The molecule has 3 heterocycles. The zero-order valence-corrected chi connectivity index (χ0v) is 20.4. The van der Waals surface area contributed by atoms with Gasteiger partial charge in [-0.05, 0) is 51.9 Å². The topological polar surface area (TPSA) is 85.0 Å². The Morgan fingerprint density at radius 2 is 1.97 bits per heavy atom. The van der Waals surface area contributed by atoms with Crippen LogP contribution >= 0.6 is 11.8 Å². The molecule has 33 heavy (non-hydrogen) atoms. The van der Waals surface area contributed by atoms with Crippen LogP contribution in [0.4, 0.5) is 5.82 Å². The molecule has 0 saturated heterocycles. The second-order valence-corrected chi connectivity index (χ2v) is 9.87. The van der Waals surface area contributed by atoms with E-state index < -0.39 is 0 Å². The number of carbonyl (C=O) groups is 2. The van der Waals surface area contributed by atoms with E-state index in [1.54, 1.807) is 12.4 Å². The molecule has 0 unspecified atom stereocenters.